The number of carbonyl (C=O) groups excluding carboxylic acids is 1. The predicted octanol–water partition coefficient (Wildman–Crippen LogP) is 0.994. The van der Waals surface area contributed by atoms with E-state index in [2.05, 4.69) is 27.0 Å². The van der Waals surface area contributed by atoms with Gasteiger partial charge in [-0.15, -0.1) is 10.2 Å². The zero-order valence-electron chi connectivity index (χ0n) is 15.8. The molecular formula is C18H32N5OS+. The van der Waals surface area contributed by atoms with Crippen molar-refractivity contribution in [1.82, 2.24) is 20.1 Å². The van der Waals surface area contributed by atoms with E-state index in [1.54, 1.807) is 11.8 Å². The number of piperidine rings is 1. The number of amides is 1. The van der Waals surface area contributed by atoms with Crippen LogP contribution in [0.3, 0.4) is 0 Å². The van der Waals surface area contributed by atoms with Gasteiger partial charge in [0.05, 0.1) is 19.0 Å². The average Bonchev–Trinajstić information content (AvgIpc) is 2.98. The second kappa shape index (κ2) is 8.54. The molecule has 7 heteroatoms. The van der Waals surface area contributed by atoms with Crippen LogP contribution in [0.2, 0.25) is 0 Å². The summed E-state index contributed by atoms with van der Waals surface area (Å²) >= 11 is 1.63. The molecule has 6 nitrogen and oxygen atoms in total. The quantitative estimate of drug-likeness (QED) is 0.763. The Morgan fingerprint density at radius 3 is 2.80 bits per heavy atom. The summed E-state index contributed by atoms with van der Waals surface area (Å²) in [5.41, 5.74) is 0. The lowest BCUT2D eigenvalue weighted by atomic mass is 9.86. The molecular weight excluding hydrogens is 334 g/mol. The summed E-state index contributed by atoms with van der Waals surface area (Å²) in [6, 6.07) is 0.379. The van der Waals surface area contributed by atoms with E-state index >= 15 is 0 Å². The van der Waals surface area contributed by atoms with Crippen molar-refractivity contribution in [3.8, 4) is 0 Å². The summed E-state index contributed by atoms with van der Waals surface area (Å²) in [7, 11) is 2.05. The molecule has 1 aliphatic heterocycles. The molecule has 140 valence electrons. The Morgan fingerprint density at radius 2 is 2.08 bits per heavy atom. The number of rotatable bonds is 5. The van der Waals surface area contributed by atoms with Crippen LogP contribution in [0.5, 0.6) is 0 Å². The first kappa shape index (κ1) is 18.7. The van der Waals surface area contributed by atoms with E-state index in [9.17, 15) is 4.79 Å². The van der Waals surface area contributed by atoms with E-state index in [4.69, 9.17) is 0 Å². The first-order valence-electron chi connectivity index (χ1n) is 9.64. The molecule has 3 rings (SSSR count). The Labute approximate surface area is 155 Å². The van der Waals surface area contributed by atoms with Crippen molar-refractivity contribution < 1.29 is 9.69 Å². The van der Waals surface area contributed by atoms with Crippen molar-refractivity contribution in [2.24, 2.45) is 13.0 Å². The number of quaternary nitrogens is 1. The van der Waals surface area contributed by atoms with Crippen LogP contribution in [0.4, 0.5) is 0 Å². The molecule has 2 aliphatic rings. The van der Waals surface area contributed by atoms with Crippen LogP contribution in [0, 0.1) is 5.92 Å². The Morgan fingerprint density at radius 1 is 1.28 bits per heavy atom. The minimum atomic E-state index is 0.220. The molecule has 1 saturated heterocycles. The van der Waals surface area contributed by atoms with Gasteiger partial charge in [0, 0.05) is 13.1 Å². The zero-order chi connectivity index (χ0) is 17.8. The predicted molar refractivity (Wildman–Crippen MR) is 99.9 cm³/mol. The second-order valence-electron chi connectivity index (χ2n) is 7.76. The van der Waals surface area contributed by atoms with Gasteiger partial charge in [-0.2, -0.15) is 0 Å². The monoisotopic (exact) mass is 366 g/mol. The van der Waals surface area contributed by atoms with Gasteiger partial charge in [-0.05, 0) is 37.9 Å². The highest BCUT2D eigenvalue weighted by Crippen LogP contribution is 2.24. The topological polar surface area (TPSA) is 64.2 Å². The van der Waals surface area contributed by atoms with Gasteiger partial charge in [0.2, 0.25) is 0 Å². The number of hydrogen-bond acceptors (Lipinski definition) is 4. The zero-order valence-corrected chi connectivity index (χ0v) is 16.6. The summed E-state index contributed by atoms with van der Waals surface area (Å²) < 4.78 is 2.11. The number of aromatic nitrogens is 3. The molecule has 25 heavy (non-hydrogen) atoms. The van der Waals surface area contributed by atoms with Gasteiger partial charge in [-0.1, -0.05) is 31.5 Å². The van der Waals surface area contributed by atoms with Gasteiger partial charge in [-0.25, -0.2) is 0 Å². The van der Waals surface area contributed by atoms with Crippen LogP contribution < -0.4 is 10.2 Å². The molecule has 2 fully saturated rings. The molecule has 4 atom stereocenters. The van der Waals surface area contributed by atoms with Crippen molar-refractivity contribution >= 4 is 17.7 Å². The largest absolute Gasteiger partial charge is 0.348 e. The molecule has 0 aromatic carbocycles. The summed E-state index contributed by atoms with van der Waals surface area (Å²) in [4.78, 5) is 13.9. The third kappa shape index (κ3) is 4.56. The normalized spacial score (nSPS) is 30.2. The van der Waals surface area contributed by atoms with E-state index < -0.39 is 0 Å². The molecule has 0 spiro atoms. The standard InChI is InChI=1S/C18H31N5OS/c1-13-7-4-5-9-15(13)19-16(24)12-23-10-6-8-14(11-23)17-20-21-18(25-3)22(17)2/h13-15H,4-12H2,1-3H3,(H,19,24)/p+1/t13-,14-,15-/m0/s1. The van der Waals surface area contributed by atoms with E-state index in [-0.39, 0.29) is 5.91 Å². The number of thioether (sulfide) groups is 1. The van der Waals surface area contributed by atoms with Crippen molar-refractivity contribution in [2.45, 2.75) is 62.6 Å². The molecule has 1 aromatic rings. The fourth-order valence-corrected chi connectivity index (χ4v) is 4.90. The third-order valence-corrected chi connectivity index (χ3v) is 6.62. The van der Waals surface area contributed by atoms with Crippen molar-refractivity contribution in [3.05, 3.63) is 5.82 Å². The fourth-order valence-electron chi connectivity index (χ4n) is 4.41. The molecule has 1 amide bonds. The van der Waals surface area contributed by atoms with Crippen LogP contribution in [0.1, 0.15) is 57.2 Å². The van der Waals surface area contributed by atoms with E-state index in [0.29, 0.717) is 24.4 Å². The van der Waals surface area contributed by atoms with Crippen molar-refractivity contribution in [3.63, 3.8) is 0 Å². The lowest BCUT2D eigenvalue weighted by molar-refractivity contribution is -0.898. The van der Waals surface area contributed by atoms with Crippen LogP contribution in [-0.4, -0.2) is 52.6 Å². The summed E-state index contributed by atoms with van der Waals surface area (Å²) in [6.07, 6.45) is 9.26. The van der Waals surface area contributed by atoms with Gasteiger partial charge in [0.15, 0.2) is 11.7 Å². The summed E-state index contributed by atoms with van der Waals surface area (Å²) in [6.45, 7) is 4.92. The number of hydrogen-bond donors (Lipinski definition) is 2. The van der Waals surface area contributed by atoms with Crippen LogP contribution in [0.15, 0.2) is 5.16 Å². The van der Waals surface area contributed by atoms with Crippen molar-refractivity contribution in [1.29, 1.82) is 0 Å². The molecule has 1 aliphatic carbocycles. The lowest BCUT2D eigenvalue weighted by Crippen LogP contribution is -3.14. The molecule has 0 radical (unpaired) electrons. The maximum atomic E-state index is 12.5. The molecule has 1 aromatic heterocycles. The smallest absolute Gasteiger partial charge is 0.275 e. The van der Waals surface area contributed by atoms with E-state index in [1.165, 1.54) is 24.2 Å². The molecule has 1 saturated carbocycles. The molecule has 2 heterocycles. The molecule has 1 unspecified atom stereocenters. The Bertz CT molecular complexity index is 590. The highest BCUT2D eigenvalue weighted by atomic mass is 32.2. The van der Waals surface area contributed by atoms with Gasteiger partial charge < -0.3 is 14.8 Å². The first-order valence-corrected chi connectivity index (χ1v) is 10.9. The van der Waals surface area contributed by atoms with Gasteiger partial charge >= 0.3 is 0 Å². The number of nitrogens with one attached hydrogen (secondary N) is 2. The highest BCUT2D eigenvalue weighted by Gasteiger charge is 2.30. The minimum absolute atomic E-state index is 0.220. The number of nitrogens with zero attached hydrogens (tertiary/aromatic N) is 3. The fraction of sp³-hybridized carbons (Fsp3) is 0.833. The van der Waals surface area contributed by atoms with Gasteiger partial charge in [0.25, 0.3) is 5.91 Å². The van der Waals surface area contributed by atoms with Gasteiger partial charge in [-0.3, -0.25) is 4.79 Å². The Balaban J connectivity index is 1.54. The number of carbonyl (C=O) groups is 1. The van der Waals surface area contributed by atoms with Crippen LogP contribution in [0.25, 0.3) is 0 Å². The van der Waals surface area contributed by atoms with Crippen molar-refractivity contribution in [2.75, 3.05) is 25.9 Å². The minimum Gasteiger partial charge on any atom is -0.348 e. The maximum Gasteiger partial charge on any atom is 0.275 e. The van der Waals surface area contributed by atoms with E-state index in [1.807, 2.05) is 13.3 Å². The second-order valence-corrected chi connectivity index (χ2v) is 8.53. The lowest BCUT2D eigenvalue weighted by Gasteiger charge is -2.32. The summed E-state index contributed by atoms with van der Waals surface area (Å²) in [5.74, 6) is 2.31. The van der Waals surface area contributed by atoms with E-state index in [0.717, 1.165) is 43.3 Å². The van der Waals surface area contributed by atoms with Crippen LogP contribution in [-0.2, 0) is 11.8 Å². The first-order chi connectivity index (χ1) is 12.1. The van der Waals surface area contributed by atoms with Gasteiger partial charge in [0.1, 0.15) is 5.82 Å². The Hall–Kier alpha value is -1.08. The average molecular weight is 367 g/mol. The highest BCUT2D eigenvalue weighted by molar-refractivity contribution is 7.98. The van der Waals surface area contributed by atoms with Crippen LogP contribution >= 0.6 is 11.8 Å². The summed E-state index contributed by atoms with van der Waals surface area (Å²) in [5, 5.41) is 12.9. The number of likely N-dealkylation sites (tertiary alicyclic amines) is 1. The molecule has 0 bridgehead atoms. The Kier molecular flexibility index (Phi) is 6.39. The third-order valence-electron chi connectivity index (χ3n) is 5.90. The maximum absolute atomic E-state index is 12.5. The SMILES string of the molecule is CSc1nnc([C@H]2CCC[NH+](CC(=O)N[C@H]3CCCC[C@@H]3C)C2)n1C. The molecule has 2 N–H and O–H groups in total.